The standard InChI is InChI=1S/C28H36N4O4.C4H7NO3S.C4H10.C3H6.C2H2/c1-27(2,3)31-26(35)29-17-24(33)32-18-28(36-4,16-23(32)25(34)30-22-14-15-22)21-12-10-20(11-13-21)19-8-6-5-7-9-19;6-3-5-9(7,8)4-1-2-4;1-4(2)3;1-3-2;1-2/h5-13,22-23H,14-18H2,1-4H3,(H,30,34)(H2,29,31,35);3-4H,1-2H2,(H,5,6);4H,1-3H3;3H,1H2,2H3;1-2H/t23-,28-;;;;/m0..../s1. The van der Waals surface area contributed by atoms with E-state index in [0.717, 1.165) is 35.4 Å². The van der Waals surface area contributed by atoms with E-state index in [-0.39, 0.29) is 42.6 Å². The second kappa shape index (κ2) is 22.5. The molecule has 3 aliphatic rings. The number of hydrogen-bond donors (Lipinski definition) is 4. The van der Waals surface area contributed by atoms with E-state index in [1.807, 2.05) is 70.2 Å². The molecule has 4 N–H and O–H groups in total. The van der Waals surface area contributed by atoms with Gasteiger partial charge < -0.3 is 25.6 Å². The molecule has 0 aromatic heterocycles. The molecule has 2 atom stereocenters. The number of amides is 5. The van der Waals surface area contributed by atoms with Gasteiger partial charge in [-0.25, -0.2) is 13.2 Å². The number of nitrogens with one attached hydrogen (secondary N) is 4. The van der Waals surface area contributed by atoms with Crippen molar-refractivity contribution in [1.29, 1.82) is 0 Å². The number of methoxy groups -OCH3 is 1. The first kappa shape index (κ1) is 47.4. The molecule has 5 amide bonds. The summed E-state index contributed by atoms with van der Waals surface area (Å²) in [6.07, 6.45) is 13.6. The topological polar surface area (TPSA) is 163 Å². The summed E-state index contributed by atoms with van der Waals surface area (Å²) in [5, 5.41) is 8.14. The summed E-state index contributed by atoms with van der Waals surface area (Å²) in [6, 6.07) is 17.2. The molecule has 1 heterocycles. The van der Waals surface area contributed by atoms with E-state index < -0.39 is 33.2 Å². The Morgan fingerprint density at radius 3 is 1.94 bits per heavy atom. The zero-order valence-corrected chi connectivity index (χ0v) is 34.0. The summed E-state index contributed by atoms with van der Waals surface area (Å²) >= 11 is 0. The van der Waals surface area contributed by atoms with E-state index >= 15 is 0 Å². The van der Waals surface area contributed by atoms with Crippen molar-refractivity contribution >= 4 is 34.3 Å². The minimum absolute atomic E-state index is 0.174. The quantitative estimate of drug-likeness (QED) is 0.141. The number of carbonyl (C=O) groups is 4. The number of urea groups is 1. The third kappa shape index (κ3) is 16.6. The Kier molecular flexibility index (Phi) is 19.8. The smallest absolute Gasteiger partial charge is 0.315 e. The van der Waals surface area contributed by atoms with Gasteiger partial charge in [0.15, 0.2) is 0 Å². The average Bonchev–Trinajstić information content (AvgIpc) is 4.07. The number of nitrogens with zero attached hydrogens (tertiary/aromatic N) is 1. The van der Waals surface area contributed by atoms with Crippen LogP contribution in [0, 0.1) is 18.8 Å². The molecule has 0 bridgehead atoms. The SMILES string of the molecule is C#C.C=CC.CC(C)C.CO[C@@]1(c2ccc(-c3ccccc3)cc2)C[C@@H](C(=O)NC2CC2)N(C(=O)CNC(=O)NC(C)(C)C)C1.O=CNS(=O)(=O)C1CC1. The van der Waals surface area contributed by atoms with Crippen LogP contribution in [0.25, 0.3) is 11.1 Å². The van der Waals surface area contributed by atoms with Crippen LogP contribution < -0.4 is 20.7 Å². The van der Waals surface area contributed by atoms with Crippen molar-refractivity contribution in [1.82, 2.24) is 25.6 Å². The third-order valence-electron chi connectivity index (χ3n) is 7.84. The van der Waals surface area contributed by atoms with Gasteiger partial charge in [0, 0.05) is 25.1 Å². The van der Waals surface area contributed by atoms with Crippen molar-refractivity contribution in [3.05, 3.63) is 72.8 Å². The monoisotopic (exact) mass is 767 g/mol. The Balaban J connectivity index is 0.000000671. The van der Waals surface area contributed by atoms with Gasteiger partial charge in [-0.2, -0.15) is 0 Å². The number of sulfonamides is 1. The minimum Gasteiger partial charge on any atom is -0.372 e. The Labute approximate surface area is 323 Å². The minimum atomic E-state index is -3.26. The predicted molar refractivity (Wildman–Crippen MR) is 216 cm³/mol. The van der Waals surface area contributed by atoms with Crippen LogP contribution in [0.1, 0.15) is 86.1 Å². The zero-order valence-electron chi connectivity index (χ0n) is 33.2. The Morgan fingerprint density at radius 2 is 1.50 bits per heavy atom. The van der Waals surface area contributed by atoms with Crippen LogP contribution in [0.2, 0.25) is 0 Å². The Morgan fingerprint density at radius 1 is 0.981 bits per heavy atom. The highest BCUT2D eigenvalue weighted by Gasteiger charge is 2.50. The highest BCUT2D eigenvalue weighted by molar-refractivity contribution is 7.90. The van der Waals surface area contributed by atoms with E-state index in [1.165, 1.54) is 0 Å². The fourth-order valence-electron chi connectivity index (χ4n) is 5.15. The van der Waals surface area contributed by atoms with Gasteiger partial charge in [0.2, 0.25) is 28.2 Å². The molecular weight excluding hydrogens is 707 g/mol. The maximum atomic E-state index is 13.3. The summed E-state index contributed by atoms with van der Waals surface area (Å²) in [6.45, 7) is 17.4. The molecule has 0 radical (unpaired) electrons. The normalized spacial score (nSPS) is 18.6. The van der Waals surface area contributed by atoms with Crippen LogP contribution >= 0.6 is 0 Å². The first-order chi connectivity index (χ1) is 25.4. The lowest BCUT2D eigenvalue weighted by Crippen LogP contribution is -2.52. The number of likely N-dealkylation sites (tertiary alicyclic amines) is 1. The molecule has 12 nitrogen and oxygen atoms in total. The highest BCUT2D eigenvalue weighted by Crippen LogP contribution is 2.40. The van der Waals surface area contributed by atoms with Crippen molar-refractivity contribution in [2.24, 2.45) is 5.92 Å². The summed E-state index contributed by atoms with van der Waals surface area (Å²) in [4.78, 5) is 49.8. The molecule has 2 aromatic carbocycles. The molecular formula is C41H61N5O7S. The van der Waals surface area contributed by atoms with Crippen LogP contribution in [-0.2, 0) is 34.7 Å². The lowest BCUT2D eigenvalue weighted by Gasteiger charge is -2.28. The molecule has 1 aliphatic heterocycles. The number of ether oxygens (including phenoxy) is 1. The molecule has 2 aromatic rings. The summed E-state index contributed by atoms with van der Waals surface area (Å²) in [7, 11) is -1.64. The highest BCUT2D eigenvalue weighted by atomic mass is 32.2. The van der Waals surface area contributed by atoms with Gasteiger partial charge in [0.05, 0.1) is 18.3 Å². The maximum Gasteiger partial charge on any atom is 0.315 e. The largest absolute Gasteiger partial charge is 0.372 e. The van der Waals surface area contributed by atoms with E-state index in [9.17, 15) is 27.6 Å². The molecule has 5 rings (SSSR count). The number of carbonyl (C=O) groups excluding carboxylic acids is 4. The maximum absolute atomic E-state index is 13.3. The third-order valence-corrected chi connectivity index (χ3v) is 9.62. The molecule has 2 saturated carbocycles. The molecule has 0 unspecified atom stereocenters. The van der Waals surface area contributed by atoms with Gasteiger partial charge >= 0.3 is 6.03 Å². The molecule has 1 saturated heterocycles. The zero-order chi connectivity index (χ0) is 41.1. The van der Waals surface area contributed by atoms with Crippen molar-refractivity contribution < 1.29 is 32.3 Å². The lowest BCUT2D eigenvalue weighted by molar-refractivity contribution is -0.138. The molecule has 2 aliphatic carbocycles. The number of hydrogen-bond acceptors (Lipinski definition) is 7. The van der Waals surface area contributed by atoms with Crippen molar-refractivity contribution in [3.63, 3.8) is 0 Å². The molecule has 3 fully saturated rings. The van der Waals surface area contributed by atoms with Gasteiger partial charge in [-0.1, -0.05) is 81.4 Å². The Hall–Kier alpha value is -4.67. The van der Waals surface area contributed by atoms with Crippen molar-refractivity contribution in [2.45, 2.75) is 109 Å². The fourth-order valence-corrected chi connectivity index (χ4v) is 6.23. The van der Waals surface area contributed by atoms with Crippen molar-refractivity contribution in [3.8, 4) is 24.0 Å². The van der Waals surface area contributed by atoms with Crippen LogP contribution in [0.15, 0.2) is 67.3 Å². The second-order valence-electron chi connectivity index (χ2n) is 14.8. The second-order valence-corrected chi connectivity index (χ2v) is 16.8. The van der Waals surface area contributed by atoms with E-state index in [0.29, 0.717) is 19.3 Å². The molecule has 298 valence electrons. The summed E-state index contributed by atoms with van der Waals surface area (Å²) < 4.78 is 29.1. The van der Waals surface area contributed by atoms with Crippen molar-refractivity contribution in [2.75, 3.05) is 20.2 Å². The molecule has 13 heteroatoms. The predicted octanol–water partition coefficient (Wildman–Crippen LogP) is 5.50. The van der Waals surface area contributed by atoms with Gasteiger partial charge in [-0.15, -0.1) is 19.4 Å². The van der Waals surface area contributed by atoms with Crippen LogP contribution in [-0.4, -0.2) is 80.6 Å². The number of benzene rings is 2. The van der Waals surface area contributed by atoms with E-state index in [4.69, 9.17) is 4.74 Å². The van der Waals surface area contributed by atoms with Gasteiger partial charge in [0.25, 0.3) is 0 Å². The summed E-state index contributed by atoms with van der Waals surface area (Å²) in [5.74, 6) is 0.333. The van der Waals surface area contributed by atoms with Crippen LogP contribution in [0.3, 0.4) is 0 Å². The average molecular weight is 768 g/mol. The van der Waals surface area contributed by atoms with Gasteiger partial charge in [-0.05, 0) is 76.0 Å². The number of rotatable bonds is 10. The first-order valence-corrected chi connectivity index (χ1v) is 19.7. The molecule has 54 heavy (non-hydrogen) atoms. The van der Waals surface area contributed by atoms with E-state index in [2.05, 4.69) is 68.3 Å². The molecule has 0 spiro atoms. The van der Waals surface area contributed by atoms with Crippen LogP contribution in [0.4, 0.5) is 4.79 Å². The summed E-state index contributed by atoms with van der Waals surface area (Å²) in [5.41, 5.74) is 1.84. The van der Waals surface area contributed by atoms with Gasteiger partial charge in [-0.3, -0.25) is 19.1 Å². The van der Waals surface area contributed by atoms with Crippen LogP contribution in [0.5, 0.6) is 0 Å². The number of allylic oxidation sites excluding steroid dienone is 1. The first-order valence-electron chi connectivity index (χ1n) is 18.1. The van der Waals surface area contributed by atoms with E-state index in [1.54, 1.807) is 22.8 Å². The fraction of sp³-hybridized carbons (Fsp3) is 0.512. The lowest BCUT2D eigenvalue weighted by atomic mass is 9.89. The van der Waals surface area contributed by atoms with Gasteiger partial charge in [0.1, 0.15) is 11.6 Å². The Bertz CT molecular complexity index is 1610. The number of terminal acetylenes is 1.